The van der Waals surface area contributed by atoms with Gasteiger partial charge in [0.1, 0.15) is 17.3 Å². The Labute approximate surface area is 302 Å². The fourth-order valence-electron chi connectivity index (χ4n) is 7.17. The Morgan fingerprint density at radius 3 is 2.04 bits per heavy atom. The zero-order valence-corrected chi connectivity index (χ0v) is 32.0. The van der Waals surface area contributed by atoms with Crippen LogP contribution in [0.4, 0.5) is 0 Å². The standard InChI is InChI=1S/C46H50N4O/c1-28(2)32-18-19-47-43(24-32)49-41-15-13-12-14-39(41)40-17-16-37(27-42(40)49)51-38-21-29(3)20-36(26-38)50-31(5)44(30(4)48-50)33-22-34(45(6,7)8)25-35(23-33)46(9,10)11/h12-28H,1-11H3. The van der Waals surface area contributed by atoms with E-state index in [9.17, 15) is 0 Å². The summed E-state index contributed by atoms with van der Waals surface area (Å²) in [6, 6.07) is 32.6. The third-order valence-corrected chi connectivity index (χ3v) is 10.1. The van der Waals surface area contributed by atoms with Gasteiger partial charge in [0.15, 0.2) is 0 Å². The van der Waals surface area contributed by atoms with Gasteiger partial charge in [-0.1, -0.05) is 91.8 Å². The quantitative estimate of drug-likeness (QED) is 0.176. The summed E-state index contributed by atoms with van der Waals surface area (Å²) in [5, 5.41) is 7.47. The van der Waals surface area contributed by atoms with Crippen molar-refractivity contribution in [3.05, 3.63) is 131 Å². The van der Waals surface area contributed by atoms with Crippen LogP contribution in [0, 0.1) is 20.8 Å². The summed E-state index contributed by atoms with van der Waals surface area (Å²) in [6.45, 7) is 24.6. The number of nitrogens with zero attached hydrogens (tertiary/aromatic N) is 4. The van der Waals surface area contributed by atoms with E-state index in [1.165, 1.54) is 38.6 Å². The summed E-state index contributed by atoms with van der Waals surface area (Å²) in [4.78, 5) is 4.82. The lowest BCUT2D eigenvalue weighted by Crippen LogP contribution is -2.16. The molecular weight excluding hydrogens is 625 g/mol. The van der Waals surface area contributed by atoms with Crippen LogP contribution in [-0.2, 0) is 10.8 Å². The number of fused-ring (bicyclic) bond motifs is 3. The van der Waals surface area contributed by atoms with Crippen LogP contribution < -0.4 is 4.74 Å². The normalized spacial score (nSPS) is 12.4. The molecule has 0 fully saturated rings. The minimum Gasteiger partial charge on any atom is -0.457 e. The first-order valence-corrected chi connectivity index (χ1v) is 18.1. The van der Waals surface area contributed by atoms with Crippen molar-refractivity contribution in [3.8, 4) is 34.1 Å². The number of hydrogen-bond acceptors (Lipinski definition) is 3. The lowest BCUT2D eigenvalue weighted by Gasteiger charge is -2.26. The van der Waals surface area contributed by atoms with Gasteiger partial charge in [-0.05, 0) is 108 Å². The highest BCUT2D eigenvalue weighted by atomic mass is 16.5. The highest BCUT2D eigenvalue weighted by Crippen LogP contribution is 2.39. The van der Waals surface area contributed by atoms with Crippen LogP contribution in [0.15, 0.2) is 97.2 Å². The highest BCUT2D eigenvalue weighted by molar-refractivity contribution is 6.09. The van der Waals surface area contributed by atoms with E-state index in [1.807, 2.05) is 6.20 Å². The van der Waals surface area contributed by atoms with Crippen LogP contribution in [-0.4, -0.2) is 19.3 Å². The van der Waals surface area contributed by atoms with Crippen LogP contribution in [0.5, 0.6) is 11.5 Å². The molecule has 0 saturated heterocycles. The molecule has 0 radical (unpaired) electrons. The van der Waals surface area contributed by atoms with Gasteiger partial charge in [-0.2, -0.15) is 5.10 Å². The van der Waals surface area contributed by atoms with E-state index in [1.54, 1.807) is 0 Å². The molecule has 0 unspecified atom stereocenters. The Balaban J connectivity index is 1.30. The molecule has 0 saturated carbocycles. The summed E-state index contributed by atoms with van der Waals surface area (Å²) < 4.78 is 11.0. The van der Waals surface area contributed by atoms with E-state index in [-0.39, 0.29) is 10.8 Å². The third-order valence-electron chi connectivity index (χ3n) is 10.1. The second-order valence-corrected chi connectivity index (χ2v) is 16.5. The smallest absolute Gasteiger partial charge is 0.137 e. The van der Waals surface area contributed by atoms with Crippen molar-refractivity contribution in [2.75, 3.05) is 0 Å². The average Bonchev–Trinajstić information content (AvgIpc) is 3.56. The number of ether oxygens (including phenoxy) is 1. The van der Waals surface area contributed by atoms with Gasteiger partial charge in [0.2, 0.25) is 0 Å². The van der Waals surface area contributed by atoms with Crippen LogP contribution >= 0.6 is 0 Å². The molecule has 5 heteroatoms. The lowest BCUT2D eigenvalue weighted by atomic mass is 9.78. The van der Waals surface area contributed by atoms with Crippen LogP contribution in [0.1, 0.15) is 94.9 Å². The molecule has 7 rings (SSSR count). The molecule has 260 valence electrons. The molecule has 4 aromatic carbocycles. The van der Waals surface area contributed by atoms with E-state index in [2.05, 4.69) is 176 Å². The van der Waals surface area contributed by atoms with E-state index < -0.39 is 0 Å². The van der Waals surface area contributed by atoms with Crippen molar-refractivity contribution in [1.82, 2.24) is 19.3 Å². The van der Waals surface area contributed by atoms with Crippen molar-refractivity contribution in [2.45, 2.75) is 92.9 Å². The predicted octanol–water partition coefficient (Wildman–Crippen LogP) is 12.5. The topological polar surface area (TPSA) is 44.9 Å². The van der Waals surface area contributed by atoms with Gasteiger partial charge in [-0.15, -0.1) is 0 Å². The molecule has 3 aromatic heterocycles. The molecular formula is C46H50N4O. The number of benzene rings is 4. The van der Waals surface area contributed by atoms with Gasteiger partial charge in [0, 0.05) is 40.4 Å². The zero-order chi connectivity index (χ0) is 36.4. The molecule has 0 amide bonds. The summed E-state index contributed by atoms with van der Waals surface area (Å²) in [6.07, 6.45) is 1.91. The Morgan fingerprint density at radius 1 is 0.667 bits per heavy atom. The minimum absolute atomic E-state index is 0.0304. The summed E-state index contributed by atoms with van der Waals surface area (Å²) in [7, 11) is 0. The fourth-order valence-corrected chi connectivity index (χ4v) is 7.17. The summed E-state index contributed by atoms with van der Waals surface area (Å²) >= 11 is 0. The molecule has 51 heavy (non-hydrogen) atoms. The first-order valence-electron chi connectivity index (χ1n) is 18.1. The predicted molar refractivity (Wildman–Crippen MR) is 213 cm³/mol. The van der Waals surface area contributed by atoms with Gasteiger partial charge >= 0.3 is 0 Å². The Morgan fingerprint density at radius 2 is 1.35 bits per heavy atom. The van der Waals surface area contributed by atoms with Crippen molar-refractivity contribution in [1.29, 1.82) is 0 Å². The first kappa shape index (κ1) is 34.3. The number of pyridine rings is 1. The Bertz CT molecular complexity index is 2400. The average molecular weight is 675 g/mol. The maximum Gasteiger partial charge on any atom is 0.137 e. The summed E-state index contributed by atoms with van der Waals surface area (Å²) in [5.41, 5.74) is 12.8. The number of para-hydroxylation sites is 1. The first-order chi connectivity index (χ1) is 24.1. The molecule has 5 nitrogen and oxygen atoms in total. The molecule has 7 aromatic rings. The van der Waals surface area contributed by atoms with Gasteiger partial charge in [-0.25, -0.2) is 9.67 Å². The monoisotopic (exact) mass is 674 g/mol. The van der Waals surface area contributed by atoms with Crippen molar-refractivity contribution in [2.24, 2.45) is 0 Å². The van der Waals surface area contributed by atoms with Crippen molar-refractivity contribution < 1.29 is 4.74 Å². The Kier molecular flexibility index (Phi) is 8.45. The molecule has 0 N–H and O–H groups in total. The number of hydrogen-bond donors (Lipinski definition) is 0. The minimum atomic E-state index is 0.0304. The van der Waals surface area contributed by atoms with E-state index in [4.69, 9.17) is 14.8 Å². The summed E-state index contributed by atoms with van der Waals surface area (Å²) in [5.74, 6) is 2.85. The third kappa shape index (κ3) is 6.46. The number of aromatic nitrogens is 4. The Hall–Kier alpha value is -5.16. The number of rotatable bonds is 6. The largest absolute Gasteiger partial charge is 0.457 e. The van der Waals surface area contributed by atoms with E-state index in [0.717, 1.165) is 51.0 Å². The molecule has 0 aliphatic carbocycles. The SMILES string of the molecule is Cc1cc(Oc2ccc3c4ccccc4n(-c4cc(C(C)C)ccn4)c3c2)cc(-n2nc(C)c(-c3cc(C(C)(C)C)cc(C(C)(C)C)c3)c2C)c1. The fraction of sp³-hybridized carbons (Fsp3) is 0.304. The van der Waals surface area contributed by atoms with E-state index in [0.29, 0.717) is 5.92 Å². The molecule has 3 heterocycles. The number of aryl methyl sites for hydroxylation is 2. The van der Waals surface area contributed by atoms with E-state index >= 15 is 0 Å². The zero-order valence-electron chi connectivity index (χ0n) is 32.0. The molecule has 0 atom stereocenters. The maximum absolute atomic E-state index is 6.67. The van der Waals surface area contributed by atoms with Gasteiger partial charge in [0.25, 0.3) is 0 Å². The van der Waals surface area contributed by atoms with Crippen molar-refractivity contribution >= 4 is 21.8 Å². The molecule has 0 spiro atoms. The second-order valence-electron chi connectivity index (χ2n) is 16.5. The van der Waals surface area contributed by atoms with Crippen molar-refractivity contribution in [3.63, 3.8) is 0 Å². The maximum atomic E-state index is 6.67. The molecule has 0 aliphatic heterocycles. The van der Waals surface area contributed by atoms with Crippen LogP contribution in [0.2, 0.25) is 0 Å². The van der Waals surface area contributed by atoms with Gasteiger partial charge in [0.05, 0.1) is 22.4 Å². The van der Waals surface area contributed by atoms with Gasteiger partial charge < -0.3 is 4.74 Å². The van der Waals surface area contributed by atoms with Crippen LogP contribution in [0.3, 0.4) is 0 Å². The lowest BCUT2D eigenvalue weighted by molar-refractivity contribution is 0.482. The highest BCUT2D eigenvalue weighted by Gasteiger charge is 2.24. The van der Waals surface area contributed by atoms with Gasteiger partial charge in [-0.3, -0.25) is 4.57 Å². The molecule has 0 aliphatic rings. The van der Waals surface area contributed by atoms with Crippen LogP contribution in [0.25, 0.3) is 44.4 Å². The second kappa shape index (κ2) is 12.6. The molecule has 0 bridgehead atoms.